The van der Waals surface area contributed by atoms with Gasteiger partial charge in [-0.2, -0.15) is 0 Å². The molecule has 4 rings (SSSR count). The fourth-order valence-corrected chi connectivity index (χ4v) is 4.64. The van der Waals surface area contributed by atoms with Crippen molar-refractivity contribution in [1.29, 1.82) is 0 Å². The fraction of sp³-hybridized carbons (Fsp3) is 0.200. The molecule has 32 heavy (non-hydrogen) atoms. The molecule has 2 heterocycles. The molecule has 1 N–H and O–H groups in total. The Morgan fingerprint density at radius 1 is 1.12 bits per heavy atom. The highest BCUT2D eigenvalue weighted by Gasteiger charge is 2.25. The number of thiophene rings is 1. The Kier molecular flexibility index (Phi) is 6.35. The van der Waals surface area contributed by atoms with Gasteiger partial charge in [-0.15, -0.1) is 11.3 Å². The summed E-state index contributed by atoms with van der Waals surface area (Å²) < 4.78 is 11.1. The monoisotopic (exact) mass is 467 g/mol. The van der Waals surface area contributed by atoms with Crippen LogP contribution < -0.4 is 5.32 Å². The van der Waals surface area contributed by atoms with Crippen LogP contribution in [0.2, 0.25) is 5.02 Å². The number of esters is 1. The normalized spacial score (nSPS) is 11.0. The number of furan rings is 1. The summed E-state index contributed by atoms with van der Waals surface area (Å²) in [6, 6.07) is 13.1. The smallest absolute Gasteiger partial charge is 0.341 e. The summed E-state index contributed by atoms with van der Waals surface area (Å²) >= 11 is 7.27. The van der Waals surface area contributed by atoms with Gasteiger partial charge in [-0.1, -0.05) is 36.7 Å². The number of carbonyl (C=O) groups is 2. The molecule has 0 fully saturated rings. The number of hydrogen-bond acceptors (Lipinski definition) is 5. The first kappa shape index (κ1) is 22.1. The minimum atomic E-state index is -0.497. The van der Waals surface area contributed by atoms with E-state index in [4.69, 9.17) is 20.8 Å². The summed E-state index contributed by atoms with van der Waals surface area (Å²) in [5.41, 5.74) is 4.39. The first-order chi connectivity index (χ1) is 15.4. The zero-order valence-corrected chi connectivity index (χ0v) is 19.5. The van der Waals surface area contributed by atoms with E-state index in [0.717, 1.165) is 22.9 Å². The highest BCUT2D eigenvalue weighted by Crippen LogP contribution is 2.37. The van der Waals surface area contributed by atoms with Gasteiger partial charge in [0.15, 0.2) is 5.76 Å². The van der Waals surface area contributed by atoms with Gasteiger partial charge in [0, 0.05) is 26.9 Å². The lowest BCUT2D eigenvalue weighted by Crippen LogP contribution is -2.15. The Balaban J connectivity index is 1.72. The Bertz CT molecular complexity index is 1300. The van der Waals surface area contributed by atoms with Gasteiger partial charge in [0.05, 0.1) is 6.61 Å². The molecule has 0 unspecified atom stereocenters. The number of fused-ring (bicyclic) bond motifs is 1. The third kappa shape index (κ3) is 4.16. The maximum atomic E-state index is 13.1. The minimum absolute atomic E-state index is 0.226. The summed E-state index contributed by atoms with van der Waals surface area (Å²) in [5.74, 6) is -0.681. The van der Waals surface area contributed by atoms with E-state index in [-0.39, 0.29) is 12.4 Å². The van der Waals surface area contributed by atoms with Crippen molar-refractivity contribution < 1.29 is 18.7 Å². The number of nitrogens with one attached hydrogen (secondary N) is 1. The number of amides is 1. The van der Waals surface area contributed by atoms with E-state index in [0.29, 0.717) is 26.7 Å². The SMILES string of the molecule is CCOC(=O)c1c(-c2ccc(Cl)cc2)csc1NC(=O)c1oc2ccc(CC)cc2c1C. The quantitative estimate of drug-likeness (QED) is 0.306. The molecule has 0 bridgehead atoms. The Labute approximate surface area is 195 Å². The molecule has 0 atom stereocenters. The van der Waals surface area contributed by atoms with Crippen LogP contribution >= 0.6 is 22.9 Å². The first-order valence-electron chi connectivity index (χ1n) is 10.3. The van der Waals surface area contributed by atoms with Gasteiger partial charge in [-0.3, -0.25) is 4.79 Å². The topological polar surface area (TPSA) is 68.5 Å². The van der Waals surface area contributed by atoms with E-state index >= 15 is 0 Å². The zero-order valence-electron chi connectivity index (χ0n) is 18.0. The lowest BCUT2D eigenvalue weighted by molar-refractivity contribution is 0.0529. The summed E-state index contributed by atoms with van der Waals surface area (Å²) in [5, 5.41) is 6.60. The van der Waals surface area contributed by atoms with Crippen molar-refractivity contribution in [2.75, 3.05) is 11.9 Å². The molecule has 7 heteroatoms. The molecule has 1 amide bonds. The van der Waals surface area contributed by atoms with Gasteiger partial charge >= 0.3 is 5.97 Å². The molecule has 0 aliphatic heterocycles. The minimum Gasteiger partial charge on any atom is -0.462 e. The molecule has 0 aliphatic rings. The summed E-state index contributed by atoms with van der Waals surface area (Å²) in [6.07, 6.45) is 0.896. The van der Waals surface area contributed by atoms with Crippen LogP contribution in [0, 0.1) is 6.92 Å². The van der Waals surface area contributed by atoms with Gasteiger partial charge < -0.3 is 14.5 Å². The van der Waals surface area contributed by atoms with Crippen molar-refractivity contribution in [3.63, 3.8) is 0 Å². The van der Waals surface area contributed by atoms with E-state index in [1.165, 1.54) is 16.9 Å². The van der Waals surface area contributed by atoms with Crippen LogP contribution in [0.25, 0.3) is 22.1 Å². The third-order valence-electron chi connectivity index (χ3n) is 5.27. The van der Waals surface area contributed by atoms with Crippen LogP contribution in [0.15, 0.2) is 52.3 Å². The standard InChI is InChI=1S/C25H22ClNO4S/c1-4-15-6-11-20-18(12-15)14(3)22(31-20)23(28)27-24-21(25(29)30-5-2)19(13-32-24)16-7-9-17(26)10-8-16/h6-13H,4-5H2,1-3H3,(H,27,28). The van der Waals surface area contributed by atoms with E-state index in [1.54, 1.807) is 19.1 Å². The number of benzene rings is 2. The molecule has 0 saturated carbocycles. The fourth-order valence-electron chi connectivity index (χ4n) is 3.56. The lowest BCUT2D eigenvalue weighted by atomic mass is 10.0. The van der Waals surface area contributed by atoms with E-state index in [2.05, 4.69) is 12.2 Å². The largest absolute Gasteiger partial charge is 0.462 e. The maximum Gasteiger partial charge on any atom is 0.341 e. The molecule has 0 saturated heterocycles. The molecule has 0 radical (unpaired) electrons. The summed E-state index contributed by atoms with van der Waals surface area (Å²) in [6.45, 7) is 5.91. The average molecular weight is 468 g/mol. The van der Waals surface area contributed by atoms with Crippen LogP contribution in [0.1, 0.15) is 45.9 Å². The Morgan fingerprint density at radius 2 is 1.88 bits per heavy atom. The zero-order chi connectivity index (χ0) is 22.8. The number of ether oxygens (including phenoxy) is 1. The van der Waals surface area contributed by atoms with E-state index in [9.17, 15) is 9.59 Å². The van der Waals surface area contributed by atoms with Crippen LogP contribution in [0.3, 0.4) is 0 Å². The number of hydrogen-bond donors (Lipinski definition) is 1. The lowest BCUT2D eigenvalue weighted by Gasteiger charge is -2.08. The number of aryl methyl sites for hydroxylation is 2. The molecule has 2 aromatic carbocycles. The predicted octanol–water partition coefficient (Wildman–Crippen LogP) is 7.11. The van der Waals surface area contributed by atoms with Crippen molar-refractivity contribution in [1.82, 2.24) is 0 Å². The second-order valence-electron chi connectivity index (χ2n) is 7.28. The highest BCUT2D eigenvalue weighted by molar-refractivity contribution is 7.15. The van der Waals surface area contributed by atoms with Crippen molar-refractivity contribution in [2.24, 2.45) is 0 Å². The Morgan fingerprint density at radius 3 is 2.56 bits per heavy atom. The molecular weight excluding hydrogens is 446 g/mol. The molecule has 2 aromatic heterocycles. The van der Waals surface area contributed by atoms with Crippen LogP contribution in [0.5, 0.6) is 0 Å². The molecule has 4 aromatic rings. The van der Waals surface area contributed by atoms with Crippen molar-refractivity contribution >= 4 is 50.8 Å². The van der Waals surface area contributed by atoms with Gasteiger partial charge in [0.1, 0.15) is 16.1 Å². The molecule has 5 nitrogen and oxygen atoms in total. The van der Waals surface area contributed by atoms with Gasteiger partial charge in [0.25, 0.3) is 5.91 Å². The van der Waals surface area contributed by atoms with E-state index < -0.39 is 11.9 Å². The average Bonchev–Trinajstić information content (AvgIpc) is 3.35. The molecule has 0 spiro atoms. The maximum absolute atomic E-state index is 13.1. The Hall–Kier alpha value is -3.09. The van der Waals surface area contributed by atoms with E-state index in [1.807, 2.05) is 42.6 Å². The molecule has 0 aliphatic carbocycles. The second-order valence-corrected chi connectivity index (χ2v) is 8.59. The molecule has 164 valence electrons. The van der Waals surface area contributed by atoms with Crippen LogP contribution in [-0.2, 0) is 11.2 Å². The van der Waals surface area contributed by atoms with Crippen LogP contribution in [0.4, 0.5) is 5.00 Å². The van der Waals surface area contributed by atoms with Crippen LogP contribution in [-0.4, -0.2) is 18.5 Å². The third-order valence-corrected chi connectivity index (χ3v) is 6.42. The van der Waals surface area contributed by atoms with Gasteiger partial charge in [-0.05, 0) is 55.7 Å². The summed E-state index contributed by atoms with van der Waals surface area (Å²) in [4.78, 5) is 25.9. The van der Waals surface area contributed by atoms with Crippen molar-refractivity contribution in [3.8, 4) is 11.1 Å². The summed E-state index contributed by atoms with van der Waals surface area (Å²) in [7, 11) is 0. The van der Waals surface area contributed by atoms with Gasteiger partial charge in [-0.25, -0.2) is 4.79 Å². The number of anilines is 1. The number of carbonyl (C=O) groups excluding carboxylic acids is 2. The highest BCUT2D eigenvalue weighted by atomic mass is 35.5. The molecular formula is C25H22ClNO4S. The van der Waals surface area contributed by atoms with Crippen molar-refractivity contribution in [3.05, 3.63) is 75.3 Å². The number of halogens is 1. The second kappa shape index (κ2) is 9.18. The number of rotatable bonds is 6. The van der Waals surface area contributed by atoms with Crippen molar-refractivity contribution in [2.45, 2.75) is 27.2 Å². The predicted molar refractivity (Wildman–Crippen MR) is 129 cm³/mol. The van der Waals surface area contributed by atoms with Gasteiger partial charge in [0.2, 0.25) is 0 Å². The first-order valence-corrected chi connectivity index (χ1v) is 11.6.